The molecule has 1 aromatic rings. The molecular formula is C16H27N3O3. The van der Waals surface area contributed by atoms with Gasteiger partial charge >= 0.3 is 6.03 Å². The van der Waals surface area contributed by atoms with Crippen molar-refractivity contribution in [1.82, 2.24) is 15.1 Å². The van der Waals surface area contributed by atoms with Gasteiger partial charge in [-0.1, -0.05) is 18.2 Å². The third kappa shape index (κ3) is 4.89. The predicted molar refractivity (Wildman–Crippen MR) is 87.2 cm³/mol. The van der Waals surface area contributed by atoms with Gasteiger partial charge in [-0.15, -0.1) is 0 Å². The molecule has 2 N–H and O–H groups in total. The number of para-hydroxylation sites is 1. The van der Waals surface area contributed by atoms with Gasteiger partial charge in [-0.3, -0.25) is 0 Å². The minimum Gasteiger partial charge on any atom is -0.496 e. The Kier molecular flexibility index (Phi) is 7.70. The Labute approximate surface area is 132 Å². The summed E-state index contributed by atoms with van der Waals surface area (Å²) in [6.07, 6.45) is 0. The van der Waals surface area contributed by atoms with Crippen molar-refractivity contribution in [2.24, 2.45) is 0 Å². The van der Waals surface area contributed by atoms with Crippen LogP contribution >= 0.6 is 0 Å². The number of methoxy groups -OCH3 is 1. The van der Waals surface area contributed by atoms with Crippen LogP contribution in [-0.4, -0.2) is 68.4 Å². The molecule has 0 aliphatic rings. The lowest BCUT2D eigenvalue weighted by molar-refractivity contribution is 0.176. The number of hydrogen-bond acceptors (Lipinski definition) is 4. The number of aliphatic hydroxyl groups excluding tert-OH is 1. The molecular weight excluding hydrogens is 282 g/mol. The van der Waals surface area contributed by atoms with E-state index in [2.05, 4.69) is 5.32 Å². The maximum atomic E-state index is 12.1. The summed E-state index contributed by atoms with van der Waals surface area (Å²) >= 11 is 0. The maximum Gasteiger partial charge on any atom is 0.317 e. The molecule has 1 unspecified atom stereocenters. The molecule has 6 nitrogen and oxygen atoms in total. The number of aliphatic hydroxyl groups is 1. The van der Waals surface area contributed by atoms with Gasteiger partial charge in [-0.2, -0.15) is 0 Å². The van der Waals surface area contributed by atoms with Gasteiger partial charge in [-0.05, 0) is 27.1 Å². The molecule has 0 fully saturated rings. The van der Waals surface area contributed by atoms with E-state index in [-0.39, 0.29) is 18.7 Å². The second kappa shape index (κ2) is 9.27. The number of nitrogens with one attached hydrogen (secondary N) is 1. The molecule has 1 aromatic carbocycles. The van der Waals surface area contributed by atoms with Crippen molar-refractivity contribution in [1.29, 1.82) is 0 Å². The highest BCUT2D eigenvalue weighted by Gasteiger charge is 2.20. The summed E-state index contributed by atoms with van der Waals surface area (Å²) in [5.41, 5.74) is 1.03. The van der Waals surface area contributed by atoms with E-state index < -0.39 is 0 Å². The minimum absolute atomic E-state index is 0.00735. The van der Waals surface area contributed by atoms with Crippen molar-refractivity contribution in [2.45, 2.75) is 13.0 Å². The van der Waals surface area contributed by atoms with E-state index in [0.717, 1.165) is 11.3 Å². The summed E-state index contributed by atoms with van der Waals surface area (Å²) < 4.78 is 5.41. The number of rotatable bonds is 8. The molecule has 0 spiro atoms. The number of benzene rings is 1. The van der Waals surface area contributed by atoms with Crippen LogP contribution in [-0.2, 0) is 0 Å². The average Bonchev–Trinajstić information content (AvgIpc) is 2.52. The van der Waals surface area contributed by atoms with Crippen LogP contribution in [0.25, 0.3) is 0 Å². The zero-order chi connectivity index (χ0) is 16.5. The summed E-state index contributed by atoms with van der Waals surface area (Å²) in [5.74, 6) is 0.804. The minimum atomic E-state index is -0.168. The first kappa shape index (κ1) is 18.3. The monoisotopic (exact) mass is 309 g/mol. The van der Waals surface area contributed by atoms with Crippen LogP contribution in [0.15, 0.2) is 24.3 Å². The fraction of sp³-hybridized carbons (Fsp3) is 0.562. The maximum absolute atomic E-state index is 12.1. The lowest BCUT2D eigenvalue weighted by Crippen LogP contribution is -2.44. The van der Waals surface area contributed by atoms with Crippen molar-refractivity contribution in [3.05, 3.63) is 29.8 Å². The third-order valence-electron chi connectivity index (χ3n) is 3.61. The van der Waals surface area contributed by atoms with Crippen LogP contribution in [0.1, 0.15) is 18.5 Å². The molecule has 124 valence electrons. The first-order chi connectivity index (χ1) is 10.5. The highest BCUT2D eigenvalue weighted by atomic mass is 16.5. The van der Waals surface area contributed by atoms with E-state index in [1.165, 1.54) is 0 Å². The van der Waals surface area contributed by atoms with Gasteiger partial charge in [-0.25, -0.2) is 4.79 Å². The lowest BCUT2D eigenvalue weighted by atomic mass is 10.0. The average molecular weight is 309 g/mol. The van der Waals surface area contributed by atoms with E-state index in [1.54, 1.807) is 12.0 Å². The van der Waals surface area contributed by atoms with Crippen LogP contribution in [0.2, 0.25) is 0 Å². The Bertz CT molecular complexity index is 466. The number of likely N-dealkylation sites (N-methyl/N-ethyl adjacent to an activating group) is 2. The zero-order valence-electron chi connectivity index (χ0n) is 13.9. The van der Waals surface area contributed by atoms with Gasteiger partial charge in [0.2, 0.25) is 0 Å². The Morgan fingerprint density at radius 2 is 2.05 bits per heavy atom. The lowest BCUT2D eigenvalue weighted by Gasteiger charge is -2.28. The molecule has 6 heteroatoms. The van der Waals surface area contributed by atoms with Crippen LogP contribution < -0.4 is 10.1 Å². The van der Waals surface area contributed by atoms with Crippen molar-refractivity contribution in [3.63, 3.8) is 0 Å². The number of urea groups is 1. The quantitative estimate of drug-likeness (QED) is 0.760. The summed E-state index contributed by atoms with van der Waals surface area (Å²) in [5, 5.41) is 11.9. The van der Waals surface area contributed by atoms with E-state index in [4.69, 9.17) is 9.84 Å². The van der Waals surface area contributed by atoms with Crippen molar-refractivity contribution in [2.75, 3.05) is 47.4 Å². The van der Waals surface area contributed by atoms with Crippen molar-refractivity contribution in [3.8, 4) is 5.75 Å². The summed E-state index contributed by atoms with van der Waals surface area (Å²) in [6, 6.07) is 7.64. The van der Waals surface area contributed by atoms with Gasteiger partial charge in [0.05, 0.1) is 19.8 Å². The number of nitrogens with zero attached hydrogens (tertiary/aromatic N) is 2. The Morgan fingerprint density at radius 3 is 2.59 bits per heavy atom. The molecule has 0 saturated carbocycles. The zero-order valence-corrected chi connectivity index (χ0v) is 13.9. The molecule has 0 radical (unpaired) electrons. The molecule has 0 aliphatic carbocycles. The molecule has 0 bridgehead atoms. The predicted octanol–water partition coefficient (Wildman–Crippen LogP) is 1.32. The molecule has 2 amide bonds. The number of carbonyl (C=O) groups excluding carboxylic acids is 1. The van der Waals surface area contributed by atoms with Crippen LogP contribution in [0, 0.1) is 0 Å². The van der Waals surface area contributed by atoms with Gasteiger partial charge < -0.3 is 25.0 Å². The molecule has 1 atom stereocenters. The standard InChI is InChI=1S/C16H27N3O3/c1-5-19(10-11-20)16(21)17-12-14(18(2)3)13-8-6-7-9-15(13)22-4/h6-9,14,20H,5,10-12H2,1-4H3,(H,17,21). The van der Waals surface area contributed by atoms with Gasteiger partial charge in [0, 0.05) is 25.2 Å². The summed E-state index contributed by atoms with van der Waals surface area (Å²) in [4.78, 5) is 15.8. The Hall–Kier alpha value is -1.79. The van der Waals surface area contributed by atoms with E-state index in [1.807, 2.05) is 50.2 Å². The smallest absolute Gasteiger partial charge is 0.317 e. The van der Waals surface area contributed by atoms with Crippen molar-refractivity contribution < 1.29 is 14.6 Å². The molecule has 0 heterocycles. The highest BCUT2D eigenvalue weighted by molar-refractivity contribution is 5.74. The molecule has 0 saturated heterocycles. The van der Waals surface area contributed by atoms with Gasteiger partial charge in [0.1, 0.15) is 5.75 Å². The number of amides is 2. The Morgan fingerprint density at radius 1 is 1.36 bits per heavy atom. The second-order valence-electron chi connectivity index (χ2n) is 5.21. The van der Waals surface area contributed by atoms with Crippen molar-refractivity contribution >= 4 is 6.03 Å². The largest absolute Gasteiger partial charge is 0.496 e. The van der Waals surface area contributed by atoms with Crippen LogP contribution in [0.3, 0.4) is 0 Å². The summed E-state index contributed by atoms with van der Waals surface area (Å²) in [7, 11) is 5.58. The topological polar surface area (TPSA) is 65.0 Å². The summed E-state index contributed by atoms with van der Waals surface area (Å²) in [6.45, 7) is 3.22. The molecule has 0 aromatic heterocycles. The highest BCUT2D eigenvalue weighted by Crippen LogP contribution is 2.27. The van der Waals surface area contributed by atoms with E-state index in [0.29, 0.717) is 19.6 Å². The third-order valence-corrected chi connectivity index (χ3v) is 3.61. The molecule has 1 rings (SSSR count). The van der Waals surface area contributed by atoms with Crippen LogP contribution in [0.4, 0.5) is 4.79 Å². The molecule has 22 heavy (non-hydrogen) atoms. The van der Waals surface area contributed by atoms with E-state index >= 15 is 0 Å². The second-order valence-corrected chi connectivity index (χ2v) is 5.21. The number of ether oxygens (including phenoxy) is 1. The number of hydrogen-bond donors (Lipinski definition) is 2. The first-order valence-corrected chi connectivity index (χ1v) is 7.48. The Balaban J connectivity index is 2.79. The first-order valence-electron chi connectivity index (χ1n) is 7.48. The number of carbonyl (C=O) groups is 1. The van der Waals surface area contributed by atoms with Crippen LogP contribution in [0.5, 0.6) is 5.75 Å². The fourth-order valence-corrected chi connectivity index (χ4v) is 2.33. The molecule has 0 aliphatic heterocycles. The van der Waals surface area contributed by atoms with Gasteiger partial charge in [0.15, 0.2) is 0 Å². The normalized spacial score (nSPS) is 12.1. The van der Waals surface area contributed by atoms with E-state index in [9.17, 15) is 4.79 Å². The SMILES string of the molecule is CCN(CCO)C(=O)NCC(c1ccccc1OC)N(C)C. The van der Waals surface area contributed by atoms with Gasteiger partial charge in [0.25, 0.3) is 0 Å². The fourth-order valence-electron chi connectivity index (χ4n) is 2.33.